The van der Waals surface area contributed by atoms with Gasteiger partial charge in [-0.15, -0.1) is 11.3 Å². The molecule has 1 aliphatic rings. The van der Waals surface area contributed by atoms with E-state index in [2.05, 4.69) is 17.6 Å². The second-order valence-corrected chi connectivity index (χ2v) is 8.80. The van der Waals surface area contributed by atoms with Crippen molar-refractivity contribution in [2.75, 3.05) is 10.6 Å². The highest BCUT2D eigenvalue weighted by molar-refractivity contribution is 7.17. The molecular formula is C24H24N2O2S. The van der Waals surface area contributed by atoms with Crippen LogP contribution in [-0.4, -0.2) is 11.8 Å². The molecule has 4 nitrogen and oxygen atoms in total. The van der Waals surface area contributed by atoms with Gasteiger partial charge in [0.25, 0.3) is 11.8 Å². The lowest BCUT2D eigenvalue weighted by atomic mass is 9.88. The summed E-state index contributed by atoms with van der Waals surface area (Å²) >= 11 is 1.54. The molecule has 0 radical (unpaired) electrons. The molecule has 4 rings (SSSR count). The van der Waals surface area contributed by atoms with Gasteiger partial charge < -0.3 is 10.6 Å². The molecule has 0 saturated heterocycles. The molecule has 0 aliphatic heterocycles. The van der Waals surface area contributed by atoms with Gasteiger partial charge in [-0.3, -0.25) is 9.59 Å². The highest BCUT2D eigenvalue weighted by Gasteiger charge is 2.28. The van der Waals surface area contributed by atoms with E-state index in [9.17, 15) is 9.59 Å². The molecule has 1 aliphatic carbocycles. The number of fused-ring (bicyclic) bond motifs is 1. The number of carbonyl (C=O) groups is 2. The first-order valence-electron chi connectivity index (χ1n) is 9.90. The smallest absolute Gasteiger partial charge is 0.258 e. The van der Waals surface area contributed by atoms with Crippen LogP contribution >= 0.6 is 11.3 Å². The molecular weight excluding hydrogens is 380 g/mol. The van der Waals surface area contributed by atoms with Gasteiger partial charge >= 0.3 is 0 Å². The van der Waals surface area contributed by atoms with E-state index in [1.807, 2.05) is 49.4 Å². The summed E-state index contributed by atoms with van der Waals surface area (Å²) in [5.74, 6) is 0.234. The van der Waals surface area contributed by atoms with Crippen molar-refractivity contribution in [2.45, 2.75) is 33.1 Å². The van der Waals surface area contributed by atoms with Crippen molar-refractivity contribution in [3.8, 4) is 0 Å². The summed E-state index contributed by atoms with van der Waals surface area (Å²) in [5.41, 5.74) is 4.17. The number of thiophene rings is 1. The summed E-state index contributed by atoms with van der Waals surface area (Å²) in [7, 11) is 0. The van der Waals surface area contributed by atoms with Crippen LogP contribution in [0.2, 0.25) is 0 Å². The Kier molecular flexibility index (Phi) is 5.49. The molecule has 5 heteroatoms. The van der Waals surface area contributed by atoms with E-state index in [-0.39, 0.29) is 11.8 Å². The molecule has 0 spiro atoms. The second-order valence-electron chi connectivity index (χ2n) is 7.70. The number of hydrogen-bond donors (Lipinski definition) is 2. The van der Waals surface area contributed by atoms with Crippen molar-refractivity contribution >= 4 is 33.8 Å². The van der Waals surface area contributed by atoms with Gasteiger partial charge in [-0.2, -0.15) is 0 Å². The zero-order valence-electron chi connectivity index (χ0n) is 16.6. The van der Waals surface area contributed by atoms with E-state index in [1.165, 1.54) is 16.2 Å². The van der Waals surface area contributed by atoms with E-state index >= 15 is 0 Å². The number of rotatable bonds is 4. The Labute approximate surface area is 175 Å². The van der Waals surface area contributed by atoms with Crippen molar-refractivity contribution in [3.63, 3.8) is 0 Å². The standard InChI is InChI=1S/C24H24N2O2S/c1-15-8-11-18(12-9-15)25-23(28)21-19-13-10-16(2)14-20(19)29-24(21)26-22(27)17-6-4-3-5-7-17/h3-9,11-12,16H,10,13-14H2,1-2H3,(H,25,28)(H,26,27). The maximum absolute atomic E-state index is 13.2. The monoisotopic (exact) mass is 404 g/mol. The Morgan fingerprint density at radius 2 is 1.69 bits per heavy atom. The van der Waals surface area contributed by atoms with Crippen molar-refractivity contribution in [1.29, 1.82) is 0 Å². The van der Waals surface area contributed by atoms with Crippen LogP contribution in [0.3, 0.4) is 0 Å². The molecule has 29 heavy (non-hydrogen) atoms. The molecule has 2 N–H and O–H groups in total. The number of aryl methyl sites for hydroxylation is 1. The third kappa shape index (κ3) is 4.25. The van der Waals surface area contributed by atoms with Crippen molar-refractivity contribution in [3.05, 3.63) is 81.7 Å². The molecule has 1 heterocycles. The summed E-state index contributed by atoms with van der Waals surface area (Å²) in [6.45, 7) is 4.25. The van der Waals surface area contributed by atoms with Gasteiger partial charge in [0, 0.05) is 16.1 Å². The maximum Gasteiger partial charge on any atom is 0.258 e. The van der Waals surface area contributed by atoms with Crippen molar-refractivity contribution in [2.24, 2.45) is 5.92 Å². The molecule has 0 saturated carbocycles. The van der Waals surface area contributed by atoms with Gasteiger partial charge in [-0.05, 0) is 61.9 Å². The number of benzene rings is 2. The third-order valence-corrected chi connectivity index (χ3v) is 6.48. The van der Waals surface area contributed by atoms with Gasteiger partial charge in [-0.25, -0.2) is 0 Å². The normalized spacial score (nSPS) is 15.4. The lowest BCUT2D eigenvalue weighted by molar-refractivity contribution is 0.102. The van der Waals surface area contributed by atoms with Crippen LogP contribution in [-0.2, 0) is 12.8 Å². The predicted octanol–water partition coefficient (Wildman–Crippen LogP) is 5.69. The number of carbonyl (C=O) groups excluding carboxylic acids is 2. The highest BCUT2D eigenvalue weighted by Crippen LogP contribution is 2.40. The third-order valence-electron chi connectivity index (χ3n) is 5.31. The molecule has 148 valence electrons. The number of anilines is 2. The van der Waals surface area contributed by atoms with Gasteiger partial charge in [0.1, 0.15) is 5.00 Å². The Bertz CT molecular complexity index is 1040. The van der Waals surface area contributed by atoms with Crippen molar-refractivity contribution < 1.29 is 9.59 Å². The summed E-state index contributed by atoms with van der Waals surface area (Å²) in [6.07, 6.45) is 2.87. The summed E-state index contributed by atoms with van der Waals surface area (Å²) in [6, 6.07) is 16.8. The van der Waals surface area contributed by atoms with Gasteiger partial charge in [0.05, 0.1) is 5.56 Å². The van der Waals surface area contributed by atoms with Gasteiger partial charge in [-0.1, -0.05) is 42.8 Å². The van der Waals surface area contributed by atoms with Gasteiger partial charge in [0.2, 0.25) is 0 Å². The van der Waals surface area contributed by atoms with Crippen molar-refractivity contribution in [1.82, 2.24) is 0 Å². The average molecular weight is 405 g/mol. The SMILES string of the molecule is Cc1ccc(NC(=O)c2c(NC(=O)c3ccccc3)sc3c2CCC(C)C3)cc1. The average Bonchev–Trinajstić information content (AvgIpc) is 3.07. The van der Waals surface area contributed by atoms with Gasteiger partial charge in [0.15, 0.2) is 0 Å². The minimum absolute atomic E-state index is 0.163. The zero-order valence-corrected chi connectivity index (χ0v) is 17.4. The first kappa shape index (κ1) is 19.4. The first-order valence-corrected chi connectivity index (χ1v) is 10.7. The molecule has 2 aromatic carbocycles. The summed E-state index contributed by atoms with van der Waals surface area (Å²) < 4.78 is 0. The highest BCUT2D eigenvalue weighted by atomic mass is 32.1. The number of hydrogen-bond acceptors (Lipinski definition) is 3. The molecule has 0 fully saturated rings. The Morgan fingerprint density at radius 3 is 2.41 bits per heavy atom. The van der Waals surface area contributed by atoms with Crippen LogP contribution in [0.25, 0.3) is 0 Å². The summed E-state index contributed by atoms with van der Waals surface area (Å²) in [5, 5.41) is 6.64. The quantitative estimate of drug-likeness (QED) is 0.587. The Hall–Kier alpha value is -2.92. The Balaban J connectivity index is 1.66. The van der Waals surface area contributed by atoms with E-state index < -0.39 is 0 Å². The predicted molar refractivity (Wildman–Crippen MR) is 119 cm³/mol. The number of nitrogens with one attached hydrogen (secondary N) is 2. The van der Waals surface area contributed by atoms with E-state index in [1.54, 1.807) is 12.1 Å². The van der Waals surface area contributed by atoms with E-state index in [0.717, 1.165) is 36.1 Å². The van der Waals surface area contributed by atoms with Crippen LogP contribution in [0.4, 0.5) is 10.7 Å². The minimum Gasteiger partial charge on any atom is -0.322 e. The van der Waals surface area contributed by atoms with Crippen LogP contribution in [0.5, 0.6) is 0 Å². The molecule has 1 unspecified atom stereocenters. The fourth-order valence-corrected chi connectivity index (χ4v) is 5.08. The van der Waals surface area contributed by atoms with Crippen LogP contribution < -0.4 is 10.6 Å². The van der Waals surface area contributed by atoms with E-state index in [0.29, 0.717) is 22.0 Å². The second kappa shape index (κ2) is 8.21. The summed E-state index contributed by atoms with van der Waals surface area (Å²) in [4.78, 5) is 27.1. The lowest BCUT2D eigenvalue weighted by Crippen LogP contribution is -2.19. The fraction of sp³-hybridized carbons (Fsp3) is 0.250. The van der Waals surface area contributed by atoms with E-state index in [4.69, 9.17) is 0 Å². The first-order chi connectivity index (χ1) is 14.0. The topological polar surface area (TPSA) is 58.2 Å². The largest absolute Gasteiger partial charge is 0.322 e. The maximum atomic E-state index is 13.2. The minimum atomic E-state index is -0.193. The molecule has 3 aromatic rings. The van der Waals surface area contributed by atoms with Crippen LogP contribution in [0.1, 0.15) is 50.1 Å². The Morgan fingerprint density at radius 1 is 0.966 bits per heavy atom. The zero-order chi connectivity index (χ0) is 20.4. The molecule has 1 atom stereocenters. The van der Waals surface area contributed by atoms with Crippen LogP contribution in [0, 0.1) is 12.8 Å². The molecule has 1 aromatic heterocycles. The lowest BCUT2D eigenvalue weighted by Gasteiger charge is -2.18. The number of amides is 2. The fourth-order valence-electron chi connectivity index (χ4n) is 3.67. The molecule has 0 bridgehead atoms. The molecule has 2 amide bonds. The van der Waals surface area contributed by atoms with Crippen LogP contribution in [0.15, 0.2) is 54.6 Å².